The van der Waals surface area contributed by atoms with E-state index in [-0.39, 0.29) is 0 Å². The number of carbonyl (C=O) groups is 3. The molecule has 0 aromatic rings. The van der Waals surface area contributed by atoms with Gasteiger partial charge in [-0.15, -0.1) is 0 Å². The molecule has 2 N–H and O–H groups in total. The number of hydrogen-bond donors (Lipinski definition) is 2. The molecule has 0 fully saturated rings. The van der Waals surface area contributed by atoms with Crippen molar-refractivity contribution in [3.63, 3.8) is 0 Å². The van der Waals surface area contributed by atoms with E-state index in [0.29, 0.717) is 0 Å². The quantitative estimate of drug-likeness (QED) is 0.582. The molecule has 0 radical (unpaired) electrons. The van der Waals surface area contributed by atoms with Crippen LogP contribution >= 0.6 is 0 Å². The summed E-state index contributed by atoms with van der Waals surface area (Å²) in [6, 6.07) is 0. The van der Waals surface area contributed by atoms with Crippen LogP contribution in [-0.2, 0) is 14.4 Å². The van der Waals surface area contributed by atoms with E-state index in [9.17, 15) is 14.4 Å². The third kappa shape index (κ3) is 8.61. The number of amides is 1. The molecule has 0 heterocycles. The molecule has 0 saturated heterocycles. The minimum Gasteiger partial charge on any atom is -0.480 e. The van der Waals surface area contributed by atoms with Crippen molar-refractivity contribution in [2.45, 2.75) is 20.8 Å². The van der Waals surface area contributed by atoms with Crippen molar-refractivity contribution < 1.29 is 19.5 Å². The first-order valence-electron chi connectivity index (χ1n) is 3.54. The summed E-state index contributed by atoms with van der Waals surface area (Å²) in [7, 11) is 0. The lowest BCUT2D eigenvalue weighted by atomic mass is 10.4. The molecule has 5 heteroatoms. The highest BCUT2D eigenvalue weighted by atomic mass is 16.4. The van der Waals surface area contributed by atoms with Crippen LogP contribution in [0.25, 0.3) is 0 Å². The lowest BCUT2D eigenvalue weighted by Crippen LogP contribution is -2.33. The molecule has 0 aliphatic carbocycles. The summed E-state index contributed by atoms with van der Waals surface area (Å²) in [5.41, 5.74) is 0. The number of ketones is 1. The SMILES string of the molecule is CC.CC(=O)C(=O)NCC(=O)O. The monoisotopic (exact) mass is 175 g/mol. The van der Waals surface area contributed by atoms with E-state index in [2.05, 4.69) is 0 Å². The van der Waals surface area contributed by atoms with Gasteiger partial charge in [0.25, 0.3) is 5.91 Å². The van der Waals surface area contributed by atoms with E-state index >= 15 is 0 Å². The van der Waals surface area contributed by atoms with Crippen LogP contribution in [0.15, 0.2) is 0 Å². The van der Waals surface area contributed by atoms with E-state index in [1.807, 2.05) is 19.2 Å². The van der Waals surface area contributed by atoms with Gasteiger partial charge in [-0.3, -0.25) is 14.4 Å². The molecular weight excluding hydrogens is 162 g/mol. The third-order valence-electron chi connectivity index (χ3n) is 0.720. The van der Waals surface area contributed by atoms with E-state index in [4.69, 9.17) is 5.11 Å². The Bertz CT molecular complexity index is 176. The standard InChI is InChI=1S/C5H7NO4.C2H6/c1-3(7)5(10)6-2-4(8)9;1-2/h2H2,1H3,(H,6,10)(H,8,9);1-2H3. The Morgan fingerprint density at radius 2 is 1.67 bits per heavy atom. The Labute approximate surface area is 70.8 Å². The number of hydrogen-bond acceptors (Lipinski definition) is 3. The molecule has 0 spiro atoms. The predicted molar refractivity (Wildman–Crippen MR) is 42.7 cm³/mol. The maximum Gasteiger partial charge on any atom is 0.322 e. The summed E-state index contributed by atoms with van der Waals surface area (Å²) in [5.74, 6) is -2.74. The molecule has 1 amide bonds. The zero-order valence-electron chi connectivity index (χ0n) is 7.38. The number of carbonyl (C=O) groups excluding carboxylic acids is 2. The molecule has 5 nitrogen and oxygen atoms in total. The van der Waals surface area contributed by atoms with Gasteiger partial charge in [-0.1, -0.05) is 13.8 Å². The highest BCUT2D eigenvalue weighted by Crippen LogP contribution is 1.68. The smallest absolute Gasteiger partial charge is 0.322 e. The zero-order valence-corrected chi connectivity index (χ0v) is 7.38. The van der Waals surface area contributed by atoms with Gasteiger partial charge in [0.05, 0.1) is 0 Å². The van der Waals surface area contributed by atoms with Gasteiger partial charge in [0.1, 0.15) is 6.54 Å². The van der Waals surface area contributed by atoms with Crippen LogP contribution in [0, 0.1) is 0 Å². The van der Waals surface area contributed by atoms with E-state index < -0.39 is 24.2 Å². The number of carboxylic acids is 1. The number of aliphatic carboxylic acids is 1. The summed E-state index contributed by atoms with van der Waals surface area (Å²) in [6.07, 6.45) is 0. The Kier molecular flexibility index (Phi) is 8.50. The molecule has 70 valence electrons. The van der Waals surface area contributed by atoms with Crippen molar-refractivity contribution in [3.05, 3.63) is 0 Å². The second kappa shape index (κ2) is 7.71. The van der Waals surface area contributed by atoms with Gasteiger partial charge in [0, 0.05) is 6.92 Å². The molecule has 0 saturated carbocycles. The molecule has 0 aromatic carbocycles. The van der Waals surface area contributed by atoms with Crippen LogP contribution < -0.4 is 5.32 Å². The van der Waals surface area contributed by atoms with Crippen molar-refractivity contribution in [2.24, 2.45) is 0 Å². The first kappa shape index (κ1) is 13.2. The number of nitrogens with one attached hydrogen (secondary N) is 1. The van der Waals surface area contributed by atoms with E-state index in [1.54, 1.807) is 0 Å². The number of rotatable bonds is 3. The topological polar surface area (TPSA) is 83.5 Å². The van der Waals surface area contributed by atoms with Gasteiger partial charge in [-0.2, -0.15) is 0 Å². The number of Topliss-reactive ketones (excluding diaryl/α,β-unsaturated/α-hetero) is 1. The van der Waals surface area contributed by atoms with Gasteiger partial charge in [0.15, 0.2) is 0 Å². The van der Waals surface area contributed by atoms with Crippen molar-refractivity contribution in [3.8, 4) is 0 Å². The fraction of sp³-hybridized carbons (Fsp3) is 0.571. The lowest BCUT2D eigenvalue weighted by molar-refractivity contribution is -0.140. The molecule has 12 heavy (non-hydrogen) atoms. The summed E-state index contributed by atoms with van der Waals surface area (Å²) in [4.78, 5) is 30.3. The van der Waals surface area contributed by atoms with Gasteiger partial charge in [0.2, 0.25) is 5.78 Å². The molecular formula is C7H13NO4. The van der Waals surface area contributed by atoms with Crippen LogP contribution in [0.5, 0.6) is 0 Å². The van der Waals surface area contributed by atoms with Gasteiger partial charge < -0.3 is 10.4 Å². The first-order valence-corrected chi connectivity index (χ1v) is 3.54. The van der Waals surface area contributed by atoms with Gasteiger partial charge in [-0.05, 0) is 0 Å². The average Bonchev–Trinajstić information content (AvgIpc) is 2.03. The average molecular weight is 175 g/mol. The van der Waals surface area contributed by atoms with Crippen LogP contribution in [0.3, 0.4) is 0 Å². The Hall–Kier alpha value is -1.39. The molecule has 0 aliphatic rings. The Balaban J connectivity index is 0. The summed E-state index contributed by atoms with van der Waals surface area (Å²) in [6.45, 7) is 4.55. The highest BCUT2D eigenvalue weighted by molar-refractivity contribution is 6.35. The maximum atomic E-state index is 10.3. The molecule has 0 bridgehead atoms. The minimum atomic E-state index is -1.17. The van der Waals surface area contributed by atoms with Gasteiger partial charge in [-0.25, -0.2) is 0 Å². The van der Waals surface area contributed by atoms with E-state index in [1.165, 1.54) is 0 Å². The predicted octanol–water partition coefficient (Wildman–Crippen LogP) is -0.198. The zero-order chi connectivity index (χ0) is 10.1. The molecule has 0 unspecified atom stereocenters. The third-order valence-corrected chi connectivity index (χ3v) is 0.720. The number of carboxylic acid groups (broad SMARTS) is 1. The molecule has 0 atom stereocenters. The van der Waals surface area contributed by atoms with Crippen molar-refractivity contribution in [1.29, 1.82) is 0 Å². The second-order valence-corrected chi connectivity index (χ2v) is 1.63. The maximum absolute atomic E-state index is 10.3. The summed E-state index contributed by atoms with van der Waals surface area (Å²) < 4.78 is 0. The minimum absolute atomic E-state index is 0.515. The van der Waals surface area contributed by atoms with Gasteiger partial charge >= 0.3 is 5.97 Å². The largest absolute Gasteiger partial charge is 0.480 e. The fourth-order valence-electron chi connectivity index (χ4n) is 0.280. The fourth-order valence-corrected chi connectivity index (χ4v) is 0.280. The van der Waals surface area contributed by atoms with Crippen LogP contribution in [0.4, 0.5) is 0 Å². The Morgan fingerprint density at radius 3 is 1.92 bits per heavy atom. The van der Waals surface area contributed by atoms with Crippen molar-refractivity contribution >= 4 is 17.7 Å². The lowest BCUT2D eigenvalue weighted by Gasteiger charge is -1.95. The van der Waals surface area contributed by atoms with E-state index in [0.717, 1.165) is 6.92 Å². The summed E-state index contributed by atoms with van der Waals surface area (Å²) >= 11 is 0. The normalized spacial score (nSPS) is 7.58. The highest BCUT2D eigenvalue weighted by Gasteiger charge is 2.07. The van der Waals surface area contributed by atoms with Crippen molar-refractivity contribution in [1.82, 2.24) is 5.32 Å². The second-order valence-electron chi connectivity index (χ2n) is 1.63. The molecule has 0 aromatic heterocycles. The first-order chi connectivity index (χ1) is 5.54. The van der Waals surface area contributed by atoms with Crippen LogP contribution in [0.2, 0.25) is 0 Å². The van der Waals surface area contributed by atoms with Crippen LogP contribution in [-0.4, -0.2) is 29.3 Å². The molecule has 0 aliphatic heterocycles. The van der Waals surface area contributed by atoms with Crippen LogP contribution in [0.1, 0.15) is 20.8 Å². The Morgan fingerprint density at radius 1 is 1.25 bits per heavy atom. The molecule has 0 rings (SSSR count). The van der Waals surface area contributed by atoms with Crippen molar-refractivity contribution in [2.75, 3.05) is 6.54 Å². The summed E-state index contributed by atoms with van der Waals surface area (Å²) in [5, 5.41) is 9.91.